The van der Waals surface area contributed by atoms with Crippen molar-refractivity contribution < 1.29 is 19.1 Å². The van der Waals surface area contributed by atoms with Gasteiger partial charge in [0.05, 0.1) is 5.02 Å². The van der Waals surface area contributed by atoms with Crippen molar-refractivity contribution >= 4 is 39.4 Å². The van der Waals surface area contributed by atoms with Crippen LogP contribution in [0.25, 0.3) is 0 Å². The van der Waals surface area contributed by atoms with Crippen LogP contribution >= 0.6 is 27.5 Å². The van der Waals surface area contributed by atoms with E-state index in [1.54, 1.807) is 18.2 Å². The van der Waals surface area contributed by atoms with Crippen molar-refractivity contribution in [3.05, 3.63) is 27.7 Å². The van der Waals surface area contributed by atoms with Crippen LogP contribution in [0.15, 0.2) is 22.7 Å². The van der Waals surface area contributed by atoms with Crippen LogP contribution in [0.5, 0.6) is 5.75 Å². The Morgan fingerprint density at radius 2 is 2.00 bits per heavy atom. The van der Waals surface area contributed by atoms with Gasteiger partial charge >= 0.3 is 5.97 Å². The summed E-state index contributed by atoms with van der Waals surface area (Å²) in [5.74, 6) is -0.614. The topological polar surface area (TPSA) is 64.6 Å². The number of amides is 1. The Hall–Kier alpha value is -1.27. The van der Waals surface area contributed by atoms with Gasteiger partial charge in [-0.2, -0.15) is 0 Å². The number of hydrogen-bond donors (Lipinski definition) is 1. The summed E-state index contributed by atoms with van der Waals surface area (Å²) in [6.45, 7) is 4.83. The van der Waals surface area contributed by atoms with Crippen LogP contribution in [-0.2, 0) is 14.3 Å². The van der Waals surface area contributed by atoms with E-state index in [1.165, 1.54) is 6.92 Å². The zero-order chi connectivity index (χ0) is 16.0. The highest BCUT2D eigenvalue weighted by Gasteiger charge is 2.18. The quantitative estimate of drug-likeness (QED) is 0.773. The number of esters is 1. The lowest BCUT2D eigenvalue weighted by Gasteiger charge is -2.15. The molecule has 0 radical (unpaired) electrons. The van der Waals surface area contributed by atoms with E-state index in [4.69, 9.17) is 21.1 Å². The lowest BCUT2D eigenvalue weighted by molar-refractivity contribution is -0.156. The van der Waals surface area contributed by atoms with Gasteiger partial charge in [0.1, 0.15) is 5.75 Å². The Labute approximate surface area is 137 Å². The third-order valence-electron chi connectivity index (χ3n) is 2.35. The second kappa shape index (κ2) is 8.24. The fraction of sp³-hybridized carbons (Fsp3) is 0.429. The second-order valence-electron chi connectivity index (χ2n) is 4.66. The monoisotopic (exact) mass is 377 g/mol. The van der Waals surface area contributed by atoms with Crippen LogP contribution in [-0.4, -0.2) is 30.6 Å². The van der Waals surface area contributed by atoms with Gasteiger partial charge in [0.2, 0.25) is 0 Å². The summed E-state index contributed by atoms with van der Waals surface area (Å²) >= 11 is 9.22. The molecule has 1 aromatic rings. The first-order valence-electron chi connectivity index (χ1n) is 6.37. The van der Waals surface area contributed by atoms with Crippen LogP contribution in [0, 0.1) is 0 Å². The van der Waals surface area contributed by atoms with Crippen LogP contribution < -0.4 is 10.1 Å². The number of rotatable bonds is 6. The highest BCUT2D eigenvalue weighted by molar-refractivity contribution is 9.10. The number of nitrogens with one attached hydrogen (secondary N) is 1. The lowest BCUT2D eigenvalue weighted by atomic mass is 10.3. The molecule has 21 heavy (non-hydrogen) atoms. The molecule has 1 aromatic carbocycles. The molecule has 0 heterocycles. The molecule has 0 fully saturated rings. The Morgan fingerprint density at radius 1 is 1.33 bits per heavy atom. The van der Waals surface area contributed by atoms with Gasteiger partial charge in [-0.1, -0.05) is 27.5 Å². The molecule has 5 nitrogen and oxygen atoms in total. The van der Waals surface area contributed by atoms with E-state index in [1.807, 2.05) is 13.8 Å². The maximum atomic E-state index is 11.6. The predicted molar refractivity (Wildman–Crippen MR) is 83.5 cm³/mol. The van der Waals surface area contributed by atoms with Gasteiger partial charge in [0, 0.05) is 10.5 Å². The predicted octanol–water partition coefficient (Wildman–Crippen LogP) is 2.94. The minimum atomic E-state index is -0.871. The molecule has 1 rings (SSSR count). The molecule has 0 unspecified atom stereocenters. The number of ether oxygens (including phenoxy) is 2. The Bertz CT molecular complexity index is 522. The van der Waals surface area contributed by atoms with Crippen LogP contribution in [0.1, 0.15) is 20.8 Å². The third kappa shape index (κ3) is 6.35. The van der Waals surface area contributed by atoms with Crippen molar-refractivity contribution in [1.29, 1.82) is 0 Å². The first-order chi connectivity index (χ1) is 9.79. The molecule has 0 spiro atoms. The highest BCUT2D eigenvalue weighted by Crippen LogP contribution is 2.27. The van der Waals surface area contributed by atoms with Gasteiger partial charge in [-0.3, -0.25) is 4.79 Å². The summed E-state index contributed by atoms with van der Waals surface area (Å²) in [6.07, 6.45) is -0.871. The molecule has 1 atom stereocenters. The summed E-state index contributed by atoms with van der Waals surface area (Å²) in [5, 5.41) is 3.03. The molecule has 0 aromatic heterocycles. The first kappa shape index (κ1) is 17.8. The third-order valence-corrected chi connectivity index (χ3v) is 3.14. The SMILES string of the molecule is CC(C)NC(=O)[C@H](C)OC(=O)COc1ccc(Br)cc1Cl. The molecular formula is C14H17BrClNO4. The molecule has 0 aliphatic rings. The summed E-state index contributed by atoms with van der Waals surface area (Å²) in [4.78, 5) is 23.2. The minimum absolute atomic E-state index is 0.0172. The van der Waals surface area contributed by atoms with E-state index >= 15 is 0 Å². The van der Waals surface area contributed by atoms with Crippen molar-refractivity contribution in [2.45, 2.75) is 32.9 Å². The molecule has 116 valence electrons. The maximum absolute atomic E-state index is 11.6. The first-order valence-corrected chi connectivity index (χ1v) is 7.54. The van der Waals surface area contributed by atoms with Crippen LogP contribution in [0.3, 0.4) is 0 Å². The fourth-order valence-electron chi connectivity index (χ4n) is 1.42. The van der Waals surface area contributed by atoms with Gasteiger partial charge in [-0.05, 0) is 39.0 Å². The summed E-state index contributed by atoms with van der Waals surface area (Å²) < 4.78 is 11.0. The van der Waals surface area contributed by atoms with E-state index in [9.17, 15) is 9.59 Å². The molecule has 1 N–H and O–H groups in total. The summed E-state index contributed by atoms with van der Waals surface area (Å²) in [7, 11) is 0. The number of carbonyl (C=O) groups excluding carboxylic acids is 2. The van der Waals surface area contributed by atoms with E-state index in [0.29, 0.717) is 10.8 Å². The number of halogens is 2. The van der Waals surface area contributed by atoms with Gasteiger partial charge in [0.15, 0.2) is 12.7 Å². The van der Waals surface area contributed by atoms with Crippen molar-refractivity contribution in [3.8, 4) is 5.75 Å². The fourth-order valence-corrected chi connectivity index (χ4v) is 2.14. The molecule has 0 saturated carbocycles. The summed E-state index contributed by atoms with van der Waals surface area (Å²) in [6, 6.07) is 5.01. The molecule has 0 aliphatic carbocycles. The van der Waals surface area contributed by atoms with Gasteiger partial charge in [-0.15, -0.1) is 0 Å². The number of hydrogen-bond acceptors (Lipinski definition) is 4. The van der Waals surface area contributed by atoms with Crippen LogP contribution in [0.4, 0.5) is 0 Å². The Kier molecular flexibility index (Phi) is 6.98. The van der Waals surface area contributed by atoms with Crippen molar-refractivity contribution in [2.75, 3.05) is 6.61 Å². The normalized spacial score (nSPS) is 11.9. The van der Waals surface area contributed by atoms with Gasteiger partial charge < -0.3 is 14.8 Å². The van der Waals surface area contributed by atoms with E-state index < -0.39 is 12.1 Å². The smallest absolute Gasteiger partial charge is 0.344 e. The Balaban J connectivity index is 2.45. The highest BCUT2D eigenvalue weighted by atomic mass is 79.9. The van der Waals surface area contributed by atoms with Gasteiger partial charge in [0.25, 0.3) is 5.91 Å². The van der Waals surface area contributed by atoms with E-state index in [2.05, 4.69) is 21.2 Å². The van der Waals surface area contributed by atoms with Crippen molar-refractivity contribution in [2.24, 2.45) is 0 Å². The standard InChI is InChI=1S/C14H17BrClNO4/c1-8(2)17-14(19)9(3)21-13(18)7-20-12-5-4-10(15)6-11(12)16/h4-6,8-9H,7H2,1-3H3,(H,17,19)/t9-/m0/s1. The molecule has 0 bridgehead atoms. The lowest BCUT2D eigenvalue weighted by Crippen LogP contribution is -2.40. The molecule has 0 aliphatic heterocycles. The van der Waals surface area contributed by atoms with Gasteiger partial charge in [-0.25, -0.2) is 4.79 Å². The molecule has 0 saturated heterocycles. The average Bonchev–Trinajstić information content (AvgIpc) is 2.36. The summed E-state index contributed by atoms with van der Waals surface area (Å²) in [5.41, 5.74) is 0. The van der Waals surface area contributed by atoms with Crippen LogP contribution in [0.2, 0.25) is 5.02 Å². The van der Waals surface area contributed by atoms with Crippen molar-refractivity contribution in [3.63, 3.8) is 0 Å². The molecule has 7 heteroatoms. The zero-order valence-electron chi connectivity index (χ0n) is 12.0. The largest absolute Gasteiger partial charge is 0.480 e. The molecular weight excluding hydrogens is 362 g/mol. The zero-order valence-corrected chi connectivity index (χ0v) is 14.3. The Morgan fingerprint density at radius 3 is 2.57 bits per heavy atom. The minimum Gasteiger partial charge on any atom is -0.480 e. The second-order valence-corrected chi connectivity index (χ2v) is 5.98. The average molecular weight is 379 g/mol. The van der Waals surface area contributed by atoms with Crippen molar-refractivity contribution in [1.82, 2.24) is 5.32 Å². The molecule has 1 amide bonds. The maximum Gasteiger partial charge on any atom is 0.344 e. The number of carbonyl (C=O) groups is 2. The van der Waals surface area contributed by atoms with E-state index in [-0.39, 0.29) is 18.6 Å². The number of benzene rings is 1. The van der Waals surface area contributed by atoms with E-state index in [0.717, 1.165) is 4.47 Å².